The van der Waals surface area contributed by atoms with Gasteiger partial charge < -0.3 is 5.32 Å². The molecule has 0 aliphatic rings. The Kier molecular flexibility index (Phi) is 3.81. The second-order valence-corrected chi connectivity index (χ2v) is 4.54. The molecule has 1 amide bonds. The van der Waals surface area contributed by atoms with Gasteiger partial charge in [0.05, 0.1) is 11.2 Å². The van der Waals surface area contributed by atoms with Crippen LogP contribution in [0.5, 0.6) is 0 Å². The van der Waals surface area contributed by atoms with E-state index in [4.69, 9.17) is 0 Å². The lowest BCUT2D eigenvalue weighted by atomic mass is 10.3. The number of H-pyrrole nitrogens is 1. The Hall–Kier alpha value is -1.76. The number of aryl methyl sites for hydroxylation is 2. The summed E-state index contributed by atoms with van der Waals surface area (Å²) < 4.78 is 0. The molecule has 0 aliphatic heterocycles. The maximum Gasteiger partial charge on any atom is 0.273 e. The first-order valence-electron chi connectivity index (χ1n) is 5.30. The fraction of sp³-hybridized carbons (Fsp3) is 0.400. The van der Waals surface area contributed by atoms with Gasteiger partial charge in [-0.25, -0.2) is 4.98 Å². The van der Waals surface area contributed by atoms with E-state index in [-0.39, 0.29) is 5.91 Å². The Morgan fingerprint density at radius 3 is 3.12 bits per heavy atom. The van der Waals surface area contributed by atoms with Crippen LogP contribution in [0.3, 0.4) is 0 Å². The van der Waals surface area contributed by atoms with E-state index in [1.165, 1.54) is 6.20 Å². The van der Waals surface area contributed by atoms with E-state index in [0.29, 0.717) is 12.2 Å². The topological polar surface area (TPSA) is 83.6 Å². The summed E-state index contributed by atoms with van der Waals surface area (Å²) in [5, 5.41) is 15.6. The van der Waals surface area contributed by atoms with Gasteiger partial charge in [-0.05, 0) is 13.3 Å². The third-order valence-electron chi connectivity index (χ3n) is 2.17. The van der Waals surface area contributed by atoms with Gasteiger partial charge in [0.1, 0.15) is 0 Å². The van der Waals surface area contributed by atoms with Gasteiger partial charge in [-0.3, -0.25) is 4.79 Å². The maximum absolute atomic E-state index is 11.5. The number of aromatic nitrogens is 4. The van der Waals surface area contributed by atoms with Crippen LogP contribution in [-0.2, 0) is 6.42 Å². The van der Waals surface area contributed by atoms with Crippen molar-refractivity contribution in [3.8, 4) is 0 Å². The van der Waals surface area contributed by atoms with E-state index in [9.17, 15) is 4.79 Å². The van der Waals surface area contributed by atoms with E-state index in [2.05, 4.69) is 25.7 Å². The lowest BCUT2D eigenvalue weighted by molar-refractivity contribution is 0.0948. The van der Waals surface area contributed by atoms with Crippen molar-refractivity contribution in [2.75, 3.05) is 6.54 Å². The molecule has 90 valence electrons. The van der Waals surface area contributed by atoms with Crippen molar-refractivity contribution < 1.29 is 4.79 Å². The lowest BCUT2D eigenvalue weighted by Gasteiger charge is -2.00. The van der Waals surface area contributed by atoms with E-state index < -0.39 is 0 Å². The highest BCUT2D eigenvalue weighted by molar-refractivity contribution is 7.09. The fourth-order valence-electron chi connectivity index (χ4n) is 1.36. The normalized spacial score (nSPS) is 10.4. The summed E-state index contributed by atoms with van der Waals surface area (Å²) in [4.78, 5) is 15.8. The monoisotopic (exact) mass is 251 g/mol. The van der Waals surface area contributed by atoms with Crippen LogP contribution in [0.25, 0.3) is 0 Å². The number of amides is 1. The molecular formula is C10H13N5OS. The molecule has 0 saturated carbocycles. The molecule has 2 N–H and O–H groups in total. The van der Waals surface area contributed by atoms with Crippen molar-refractivity contribution in [3.63, 3.8) is 0 Å². The highest BCUT2D eigenvalue weighted by Crippen LogP contribution is 2.10. The minimum Gasteiger partial charge on any atom is -0.351 e. The summed E-state index contributed by atoms with van der Waals surface area (Å²) in [5.41, 5.74) is 1.37. The maximum atomic E-state index is 11.5. The summed E-state index contributed by atoms with van der Waals surface area (Å²) in [7, 11) is 0. The number of nitrogens with zero attached hydrogens (tertiary/aromatic N) is 3. The molecular weight excluding hydrogens is 238 g/mol. The Balaban J connectivity index is 1.68. The van der Waals surface area contributed by atoms with Gasteiger partial charge in [-0.15, -0.1) is 11.3 Å². The summed E-state index contributed by atoms with van der Waals surface area (Å²) in [6.45, 7) is 2.59. The van der Waals surface area contributed by atoms with E-state index in [0.717, 1.165) is 23.5 Å². The van der Waals surface area contributed by atoms with Crippen LogP contribution in [0.1, 0.15) is 27.6 Å². The second-order valence-electron chi connectivity index (χ2n) is 3.60. The van der Waals surface area contributed by atoms with Gasteiger partial charge >= 0.3 is 0 Å². The van der Waals surface area contributed by atoms with Crippen LogP contribution in [0.2, 0.25) is 0 Å². The molecule has 0 radical (unpaired) electrons. The van der Waals surface area contributed by atoms with Crippen molar-refractivity contribution in [1.29, 1.82) is 0 Å². The molecule has 0 spiro atoms. The minimum absolute atomic E-state index is 0.200. The zero-order valence-corrected chi connectivity index (χ0v) is 10.3. The van der Waals surface area contributed by atoms with Crippen molar-refractivity contribution >= 4 is 17.2 Å². The van der Waals surface area contributed by atoms with Crippen molar-refractivity contribution in [3.05, 3.63) is 28.0 Å². The molecule has 0 fully saturated rings. The number of carbonyl (C=O) groups is 1. The molecule has 0 atom stereocenters. The van der Waals surface area contributed by atoms with Crippen LogP contribution < -0.4 is 5.32 Å². The molecule has 2 aromatic heterocycles. The molecule has 2 aromatic rings. The van der Waals surface area contributed by atoms with Crippen LogP contribution in [0.4, 0.5) is 0 Å². The van der Waals surface area contributed by atoms with Crippen LogP contribution >= 0.6 is 11.3 Å². The molecule has 0 aromatic carbocycles. The molecule has 7 heteroatoms. The number of thiazole rings is 1. The molecule has 6 nitrogen and oxygen atoms in total. The summed E-state index contributed by atoms with van der Waals surface area (Å²) in [6.07, 6.45) is 3.16. The number of rotatable bonds is 5. The second kappa shape index (κ2) is 5.53. The Morgan fingerprint density at radius 2 is 2.47 bits per heavy atom. The molecule has 2 rings (SSSR count). The highest BCUT2D eigenvalue weighted by Gasteiger charge is 2.07. The van der Waals surface area contributed by atoms with Gasteiger partial charge in [0, 0.05) is 24.0 Å². The van der Waals surface area contributed by atoms with E-state index in [1.54, 1.807) is 11.3 Å². The number of carbonyl (C=O) groups excluding carboxylic acids is 1. The van der Waals surface area contributed by atoms with Crippen molar-refractivity contribution in [2.45, 2.75) is 19.8 Å². The molecule has 0 bridgehead atoms. The van der Waals surface area contributed by atoms with Gasteiger partial charge in [0.25, 0.3) is 5.91 Å². The smallest absolute Gasteiger partial charge is 0.273 e. The summed E-state index contributed by atoms with van der Waals surface area (Å²) >= 11 is 1.65. The highest BCUT2D eigenvalue weighted by atomic mass is 32.1. The number of aromatic amines is 1. The summed E-state index contributed by atoms with van der Waals surface area (Å²) in [5.74, 6) is -0.200. The molecule has 0 aliphatic carbocycles. The van der Waals surface area contributed by atoms with Gasteiger partial charge in [-0.1, -0.05) is 0 Å². The third-order valence-corrected chi connectivity index (χ3v) is 3.19. The SMILES string of the molecule is Cc1csc(CCCNC(=O)c2cn[nH]n2)n1. The van der Waals surface area contributed by atoms with E-state index in [1.807, 2.05) is 12.3 Å². The first kappa shape index (κ1) is 11.7. The Morgan fingerprint density at radius 1 is 1.59 bits per heavy atom. The largest absolute Gasteiger partial charge is 0.351 e. The van der Waals surface area contributed by atoms with Crippen LogP contribution in [-0.4, -0.2) is 32.8 Å². The molecule has 0 saturated heterocycles. The number of nitrogens with one attached hydrogen (secondary N) is 2. The Bertz CT molecular complexity index is 479. The van der Waals surface area contributed by atoms with Gasteiger partial charge in [-0.2, -0.15) is 15.4 Å². The fourth-order valence-corrected chi connectivity index (χ4v) is 2.18. The predicted octanol–water partition coefficient (Wildman–Crippen LogP) is 0.932. The van der Waals surface area contributed by atoms with Gasteiger partial charge in [0.2, 0.25) is 0 Å². The number of hydrogen-bond donors (Lipinski definition) is 2. The zero-order chi connectivity index (χ0) is 12.1. The molecule has 2 heterocycles. The Labute approximate surface area is 102 Å². The lowest BCUT2D eigenvalue weighted by Crippen LogP contribution is -2.25. The quantitative estimate of drug-likeness (QED) is 0.774. The standard InChI is InChI=1S/C10H13N5OS/c1-7-6-17-9(13-7)3-2-4-11-10(16)8-5-12-15-14-8/h5-6H,2-4H2,1H3,(H,11,16)(H,12,14,15). The first-order valence-corrected chi connectivity index (χ1v) is 6.18. The average Bonchev–Trinajstić information content (AvgIpc) is 2.95. The first-order chi connectivity index (χ1) is 8.25. The van der Waals surface area contributed by atoms with Gasteiger partial charge in [0.15, 0.2) is 5.69 Å². The van der Waals surface area contributed by atoms with Crippen LogP contribution in [0.15, 0.2) is 11.6 Å². The molecule has 0 unspecified atom stereocenters. The van der Waals surface area contributed by atoms with Crippen molar-refractivity contribution in [2.24, 2.45) is 0 Å². The number of hydrogen-bond acceptors (Lipinski definition) is 5. The third kappa shape index (κ3) is 3.35. The average molecular weight is 251 g/mol. The predicted molar refractivity (Wildman–Crippen MR) is 63.9 cm³/mol. The molecule has 17 heavy (non-hydrogen) atoms. The van der Waals surface area contributed by atoms with Crippen molar-refractivity contribution in [1.82, 2.24) is 25.7 Å². The van der Waals surface area contributed by atoms with E-state index >= 15 is 0 Å². The summed E-state index contributed by atoms with van der Waals surface area (Å²) in [6, 6.07) is 0. The van der Waals surface area contributed by atoms with Crippen LogP contribution in [0, 0.1) is 6.92 Å². The zero-order valence-electron chi connectivity index (χ0n) is 9.43. The minimum atomic E-state index is -0.200.